The van der Waals surface area contributed by atoms with E-state index in [0.29, 0.717) is 61.6 Å². The number of rotatable bonds is 9. The van der Waals surface area contributed by atoms with E-state index < -0.39 is 10.0 Å². The molecule has 0 bridgehead atoms. The maximum atomic E-state index is 12.8. The van der Waals surface area contributed by atoms with Crippen LogP contribution in [-0.4, -0.2) is 66.9 Å². The van der Waals surface area contributed by atoms with Gasteiger partial charge in [0.15, 0.2) is 5.82 Å². The highest BCUT2D eigenvalue weighted by Crippen LogP contribution is 2.36. The number of ether oxygens (including phenoxy) is 3. The van der Waals surface area contributed by atoms with Crippen LogP contribution in [0.25, 0.3) is 33.4 Å². The van der Waals surface area contributed by atoms with Gasteiger partial charge >= 0.3 is 0 Å². The summed E-state index contributed by atoms with van der Waals surface area (Å²) < 4.78 is 47.9. The number of aromatic nitrogens is 4. The van der Waals surface area contributed by atoms with Gasteiger partial charge in [0.2, 0.25) is 0 Å². The molecule has 208 valence electrons. The van der Waals surface area contributed by atoms with Gasteiger partial charge in [-0.2, -0.15) is 4.98 Å². The molecule has 6 rings (SSSR count). The van der Waals surface area contributed by atoms with Crippen molar-refractivity contribution in [1.29, 1.82) is 0 Å². The fraction of sp³-hybridized carbons (Fsp3) is 0.296. The number of benzene rings is 2. The Balaban J connectivity index is 1.30. The zero-order chi connectivity index (χ0) is 27.7. The van der Waals surface area contributed by atoms with E-state index in [9.17, 15) is 8.42 Å². The minimum absolute atomic E-state index is 0.148. The van der Waals surface area contributed by atoms with Gasteiger partial charge in [-0.3, -0.25) is 0 Å². The molecule has 0 spiro atoms. The number of hydrogen-bond acceptors (Lipinski definition) is 10. The van der Waals surface area contributed by atoms with Crippen LogP contribution in [0.5, 0.6) is 11.5 Å². The van der Waals surface area contributed by atoms with Crippen LogP contribution in [0, 0.1) is 0 Å². The smallest absolute Gasteiger partial charge is 0.276 e. The van der Waals surface area contributed by atoms with Crippen LogP contribution in [0.1, 0.15) is 18.3 Å². The monoisotopic (exact) mass is 564 g/mol. The fourth-order valence-corrected chi connectivity index (χ4v) is 5.79. The summed E-state index contributed by atoms with van der Waals surface area (Å²) in [6.07, 6.45) is 2.39. The molecular formula is C27H28N6O6S. The lowest BCUT2D eigenvalue weighted by Crippen LogP contribution is -2.48. The van der Waals surface area contributed by atoms with Crippen molar-refractivity contribution >= 4 is 31.8 Å². The maximum Gasteiger partial charge on any atom is 0.276 e. The van der Waals surface area contributed by atoms with Gasteiger partial charge in [-0.1, -0.05) is 12.1 Å². The Morgan fingerprint density at radius 3 is 2.58 bits per heavy atom. The van der Waals surface area contributed by atoms with Crippen LogP contribution >= 0.6 is 0 Å². The van der Waals surface area contributed by atoms with Crippen molar-refractivity contribution in [3.8, 4) is 23.1 Å². The largest absolute Gasteiger partial charge is 0.457 e. The number of morpholine rings is 1. The third-order valence-corrected chi connectivity index (χ3v) is 8.01. The van der Waals surface area contributed by atoms with Crippen LogP contribution in [0.2, 0.25) is 0 Å². The number of fused-ring (bicyclic) bond motifs is 3. The molecule has 1 aliphatic rings. The van der Waals surface area contributed by atoms with E-state index in [0.717, 1.165) is 27.4 Å². The van der Waals surface area contributed by atoms with Crippen molar-refractivity contribution in [3.63, 3.8) is 0 Å². The van der Waals surface area contributed by atoms with Gasteiger partial charge in [-0.15, -0.1) is 4.83 Å². The Bertz CT molecular complexity index is 1760. The van der Waals surface area contributed by atoms with Gasteiger partial charge < -0.3 is 23.7 Å². The Morgan fingerprint density at radius 1 is 1.07 bits per heavy atom. The van der Waals surface area contributed by atoms with Crippen LogP contribution in [0.4, 0.5) is 0 Å². The highest BCUT2D eigenvalue weighted by molar-refractivity contribution is 7.89. The van der Waals surface area contributed by atoms with E-state index in [4.69, 9.17) is 18.7 Å². The lowest BCUT2D eigenvalue weighted by atomic mass is 10.1. The number of nitrogens with one attached hydrogen (secondary N) is 2. The normalized spacial score (nSPS) is 14.8. The lowest BCUT2D eigenvalue weighted by molar-refractivity contribution is 0.0272. The summed E-state index contributed by atoms with van der Waals surface area (Å²) in [5.74, 6) is 2.03. The molecule has 0 saturated carbocycles. The molecule has 13 heteroatoms. The standard InChI is InChI=1S/C27H28N6O6S/c1-3-24-30-27(39-31-24)26-21(16-36-2)25-20-14-18(6-9-22(20)29-23(25)15-28-26)38-17-4-7-19(8-5-17)40(34,35)32-33-10-12-37-13-11-33/h4-9,14-15,29,32H,3,10-13,16H2,1-2H3. The third kappa shape index (κ3) is 5.17. The number of aromatic amines is 1. The molecule has 0 unspecified atom stereocenters. The van der Waals surface area contributed by atoms with Crippen LogP contribution in [0.3, 0.4) is 0 Å². The molecule has 12 nitrogen and oxygen atoms in total. The summed E-state index contributed by atoms with van der Waals surface area (Å²) >= 11 is 0. The quantitative estimate of drug-likeness (QED) is 0.271. The average molecular weight is 565 g/mol. The Kier molecular flexibility index (Phi) is 7.21. The summed E-state index contributed by atoms with van der Waals surface area (Å²) in [5.41, 5.74) is 3.11. The molecule has 5 aromatic rings. The van der Waals surface area contributed by atoms with Gasteiger partial charge in [-0.25, -0.2) is 18.4 Å². The lowest BCUT2D eigenvalue weighted by Gasteiger charge is -2.26. The predicted octanol–water partition coefficient (Wildman–Crippen LogP) is 3.79. The topological polar surface area (TPSA) is 145 Å². The van der Waals surface area contributed by atoms with Crippen molar-refractivity contribution in [2.75, 3.05) is 33.4 Å². The number of hydrogen-bond donors (Lipinski definition) is 2. The summed E-state index contributed by atoms with van der Waals surface area (Å²) in [5, 5.41) is 7.47. The molecule has 1 fully saturated rings. The second-order valence-corrected chi connectivity index (χ2v) is 10.9. The molecule has 4 heterocycles. The van der Waals surface area contributed by atoms with Crippen LogP contribution < -0.4 is 9.57 Å². The van der Waals surface area contributed by atoms with E-state index in [1.807, 2.05) is 25.1 Å². The first-order valence-electron chi connectivity index (χ1n) is 12.8. The number of pyridine rings is 1. The Hall–Kier alpha value is -3.88. The van der Waals surface area contributed by atoms with Crippen molar-refractivity contribution in [2.45, 2.75) is 24.8 Å². The van der Waals surface area contributed by atoms with E-state index >= 15 is 0 Å². The molecular weight excluding hydrogens is 536 g/mol. The summed E-state index contributed by atoms with van der Waals surface area (Å²) in [7, 11) is -2.08. The average Bonchev–Trinajstić information content (AvgIpc) is 3.59. The molecule has 0 radical (unpaired) electrons. The predicted molar refractivity (Wildman–Crippen MR) is 146 cm³/mol. The zero-order valence-electron chi connectivity index (χ0n) is 22.0. The van der Waals surface area contributed by atoms with Gasteiger partial charge in [0, 0.05) is 48.5 Å². The number of H-pyrrole nitrogens is 1. The second-order valence-electron chi connectivity index (χ2n) is 9.28. The van der Waals surface area contributed by atoms with Gasteiger partial charge in [0.05, 0.1) is 36.4 Å². The molecule has 0 atom stereocenters. The van der Waals surface area contributed by atoms with Gasteiger partial charge in [-0.05, 0) is 42.5 Å². The number of hydrazine groups is 1. The summed E-state index contributed by atoms with van der Waals surface area (Å²) in [6, 6.07) is 12.0. The minimum Gasteiger partial charge on any atom is -0.457 e. The number of methoxy groups -OCH3 is 1. The number of aryl methyl sites for hydroxylation is 1. The van der Waals surface area contributed by atoms with Crippen molar-refractivity contribution < 1.29 is 27.2 Å². The molecule has 0 aliphatic carbocycles. The molecule has 2 N–H and O–H groups in total. The first-order valence-corrected chi connectivity index (χ1v) is 14.3. The van der Waals surface area contributed by atoms with Crippen LogP contribution in [-0.2, 0) is 32.5 Å². The van der Waals surface area contributed by atoms with E-state index in [1.54, 1.807) is 30.4 Å². The molecule has 1 aliphatic heterocycles. The molecule has 2 aromatic carbocycles. The maximum absolute atomic E-state index is 12.8. The Morgan fingerprint density at radius 2 is 1.85 bits per heavy atom. The molecule has 3 aromatic heterocycles. The summed E-state index contributed by atoms with van der Waals surface area (Å²) in [6.45, 7) is 4.20. The van der Waals surface area contributed by atoms with Crippen molar-refractivity contribution in [2.24, 2.45) is 0 Å². The van der Waals surface area contributed by atoms with Crippen molar-refractivity contribution in [3.05, 3.63) is 60.0 Å². The van der Waals surface area contributed by atoms with Crippen molar-refractivity contribution in [1.82, 2.24) is 29.9 Å². The van der Waals surface area contributed by atoms with Crippen LogP contribution in [0.15, 0.2) is 58.1 Å². The molecule has 1 saturated heterocycles. The number of sulfonamides is 1. The zero-order valence-corrected chi connectivity index (χ0v) is 22.8. The van der Waals surface area contributed by atoms with E-state index in [-0.39, 0.29) is 11.5 Å². The number of nitrogens with zero attached hydrogens (tertiary/aromatic N) is 4. The minimum atomic E-state index is -3.71. The molecule has 0 amide bonds. The molecule has 40 heavy (non-hydrogen) atoms. The third-order valence-electron chi connectivity index (χ3n) is 6.62. The SMILES string of the molecule is CCc1noc(-c2ncc3[nH]c4ccc(Oc5ccc(S(=O)(=O)NN6CCOCC6)cc5)cc4c3c2COC)n1. The first kappa shape index (κ1) is 26.3. The van der Waals surface area contributed by atoms with E-state index in [1.165, 1.54) is 12.1 Å². The van der Waals surface area contributed by atoms with Gasteiger partial charge in [0.1, 0.15) is 17.2 Å². The first-order chi connectivity index (χ1) is 19.4. The second kappa shape index (κ2) is 10.9. The van der Waals surface area contributed by atoms with Gasteiger partial charge in [0.25, 0.3) is 15.9 Å². The summed E-state index contributed by atoms with van der Waals surface area (Å²) in [4.78, 5) is 15.2. The highest BCUT2D eigenvalue weighted by Gasteiger charge is 2.22. The van der Waals surface area contributed by atoms with E-state index in [2.05, 4.69) is 24.9 Å². The highest BCUT2D eigenvalue weighted by atomic mass is 32.2. The Labute approximate surface area is 230 Å². The fourth-order valence-electron chi connectivity index (χ4n) is 4.67.